The molecule has 1 aromatic heterocycles. The molecule has 24 heavy (non-hydrogen) atoms. The molecule has 1 aromatic carbocycles. The van der Waals surface area contributed by atoms with Gasteiger partial charge in [0, 0.05) is 25.7 Å². The zero-order valence-corrected chi connectivity index (χ0v) is 13.7. The van der Waals surface area contributed by atoms with Crippen molar-refractivity contribution in [2.45, 2.75) is 38.9 Å². The molecule has 2 N–H and O–H groups in total. The third-order valence-corrected chi connectivity index (χ3v) is 3.97. The number of halogens is 2. The van der Waals surface area contributed by atoms with Crippen LogP contribution >= 0.6 is 0 Å². The van der Waals surface area contributed by atoms with E-state index in [1.54, 1.807) is 7.05 Å². The molecule has 0 bridgehead atoms. The van der Waals surface area contributed by atoms with Gasteiger partial charge in [0.25, 0.3) is 0 Å². The predicted octanol–water partition coefficient (Wildman–Crippen LogP) is 2.06. The highest BCUT2D eigenvalue weighted by molar-refractivity contribution is 5.80. The molecule has 0 saturated heterocycles. The average molecular weight is 334 g/mol. The first kappa shape index (κ1) is 16.4. The van der Waals surface area contributed by atoms with Crippen molar-refractivity contribution in [3.05, 3.63) is 47.0 Å². The van der Waals surface area contributed by atoms with Gasteiger partial charge in [-0.25, -0.2) is 18.4 Å². The Hall–Kier alpha value is -2.51. The second-order valence-electron chi connectivity index (χ2n) is 5.74. The third-order valence-electron chi connectivity index (χ3n) is 3.97. The van der Waals surface area contributed by atoms with Crippen LogP contribution in [-0.4, -0.2) is 27.8 Å². The molecule has 6 nitrogen and oxygen atoms in total. The Labute approximate surface area is 139 Å². The SMILES string of the molecule is CN=C(NCc1cc(F)ccc1F)NC1CCCn2nc(C)nc21. The summed E-state index contributed by atoms with van der Waals surface area (Å²) in [5, 5.41) is 10.7. The Kier molecular flexibility index (Phi) is 4.73. The van der Waals surface area contributed by atoms with Crippen molar-refractivity contribution in [2.24, 2.45) is 4.99 Å². The summed E-state index contributed by atoms with van der Waals surface area (Å²) in [5.41, 5.74) is 0.251. The number of aliphatic imine (C=N–C) groups is 1. The summed E-state index contributed by atoms with van der Waals surface area (Å²) < 4.78 is 28.8. The minimum absolute atomic E-state index is 0.0106. The Morgan fingerprint density at radius 2 is 2.25 bits per heavy atom. The van der Waals surface area contributed by atoms with E-state index in [0.717, 1.165) is 43.2 Å². The lowest BCUT2D eigenvalue weighted by molar-refractivity contribution is 0.397. The van der Waals surface area contributed by atoms with Crippen LogP contribution in [-0.2, 0) is 13.1 Å². The molecule has 128 valence electrons. The van der Waals surface area contributed by atoms with Gasteiger partial charge in [-0.1, -0.05) is 0 Å². The van der Waals surface area contributed by atoms with Gasteiger partial charge in [0.05, 0.1) is 6.04 Å². The van der Waals surface area contributed by atoms with E-state index in [-0.39, 0.29) is 18.2 Å². The maximum atomic E-state index is 13.7. The fourth-order valence-electron chi connectivity index (χ4n) is 2.82. The molecular formula is C16H20F2N6. The summed E-state index contributed by atoms with van der Waals surface area (Å²) in [5.74, 6) is 1.21. The number of aromatic nitrogens is 3. The molecule has 8 heteroatoms. The van der Waals surface area contributed by atoms with E-state index in [0.29, 0.717) is 5.96 Å². The van der Waals surface area contributed by atoms with E-state index in [4.69, 9.17) is 0 Å². The standard InChI is InChI=1S/C16H20F2N6/c1-10-21-15-14(4-3-7-24(15)23-10)22-16(19-2)20-9-11-8-12(17)5-6-13(11)18/h5-6,8,14H,3-4,7,9H2,1-2H3,(H2,19,20,22). The molecule has 0 amide bonds. The first-order valence-corrected chi connectivity index (χ1v) is 7.89. The highest BCUT2D eigenvalue weighted by atomic mass is 19.1. The van der Waals surface area contributed by atoms with Crippen molar-refractivity contribution in [2.75, 3.05) is 7.05 Å². The van der Waals surface area contributed by atoms with Crippen molar-refractivity contribution in [3.8, 4) is 0 Å². The van der Waals surface area contributed by atoms with Gasteiger partial charge in [-0.3, -0.25) is 4.99 Å². The van der Waals surface area contributed by atoms with Gasteiger partial charge in [-0.05, 0) is 38.0 Å². The summed E-state index contributed by atoms with van der Waals surface area (Å²) in [4.78, 5) is 8.61. The Morgan fingerprint density at radius 1 is 1.42 bits per heavy atom. The van der Waals surface area contributed by atoms with E-state index < -0.39 is 11.6 Å². The van der Waals surface area contributed by atoms with Crippen LogP contribution in [0.25, 0.3) is 0 Å². The van der Waals surface area contributed by atoms with Crippen LogP contribution in [0, 0.1) is 18.6 Å². The van der Waals surface area contributed by atoms with Gasteiger partial charge in [0.15, 0.2) is 5.96 Å². The Balaban J connectivity index is 1.67. The maximum absolute atomic E-state index is 13.7. The number of rotatable bonds is 3. The van der Waals surface area contributed by atoms with Gasteiger partial charge in [-0.15, -0.1) is 0 Å². The zero-order valence-electron chi connectivity index (χ0n) is 13.7. The molecule has 2 aromatic rings. The number of fused-ring (bicyclic) bond motifs is 1. The van der Waals surface area contributed by atoms with Crippen LogP contribution in [0.5, 0.6) is 0 Å². The fourth-order valence-corrected chi connectivity index (χ4v) is 2.82. The molecule has 1 atom stereocenters. The molecule has 0 fully saturated rings. The molecular weight excluding hydrogens is 314 g/mol. The van der Waals surface area contributed by atoms with Gasteiger partial charge >= 0.3 is 0 Å². The summed E-state index contributed by atoms with van der Waals surface area (Å²) in [7, 11) is 1.63. The topological polar surface area (TPSA) is 67.1 Å². The molecule has 0 spiro atoms. The van der Waals surface area contributed by atoms with Crippen LogP contribution in [0.1, 0.15) is 36.1 Å². The number of benzene rings is 1. The second-order valence-corrected chi connectivity index (χ2v) is 5.74. The van der Waals surface area contributed by atoms with Gasteiger partial charge < -0.3 is 10.6 Å². The normalized spacial score (nSPS) is 17.5. The van der Waals surface area contributed by atoms with E-state index in [2.05, 4.69) is 25.7 Å². The summed E-state index contributed by atoms with van der Waals surface area (Å²) in [6, 6.07) is 3.39. The van der Waals surface area contributed by atoms with Crippen molar-refractivity contribution < 1.29 is 8.78 Å². The molecule has 1 unspecified atom stereocenters. The number of hydrogen-bond acceptors (Lipinski definition) is 3. The molecule has 0 aliphatic carbocycles. The third kappa shape index (κ3) is 3.52. The minimum atomic E-state index is -0.466. The lowest BCUT2D eigenvalue weighted by atomic mass is 10.1. The summed E-state index contributed by atoms with van der Waals surface area (Å²) in [6.45, 7) is 2.86. The van der Waals surface area contributed by atoms with Crippen LogP contribution in [0.2, 0.25) is 0 Å². The van der Waals surface area contributed by atoms with Crippen molar-refractivity contribution in [1.29, 1.82) is 0 Å². The average Bonchev–Trinajstić information content (AvgIpc) is 2.95. The number of nitrogens with zero attached hydrogens (tertiary/aromatic N) is 4. The minimum Gasteiger partial charge on any atom is -0.352 e. The first-order valence-electron chi connectivity index (χ1n) is 7.89. The highest BCUT2D eigenvalue weighted by Crippen LogP contribution is 2.22. The molecule has 3 rings (SSSR count). The van der Waals surface area contributed by atoms with E-state index in [1.165, 1.54) is 6.07 Å². The molecule has 1 aliphatic heterocycles. The monoisotopic (exact) mass is 334 g/mol. The molecule has 2 heterocycles. The van der Waals surface area contributed by atoms with E-state index >= 15 is 0 Å². The van der Waals surface area contributed by atoms with Crippen molar-refractivity contribution in [3.63, 3.8) is 0 Å². The van der Waals surface area contributed by atoms with Crippen LogP contribution in [0.15, 0.2) is 23.2 Å². The Bertz CT molecular complexity index is 755. The molecule has 0 saturated carbocycles. The largest absolute Gasteiger partial charge is 0.352 e. The number of guanidine groups is 1. The highest BCUT2D eigenvalue weighted by Gasteiger charge is 2.24. The van der Waals surface area contributed by atoms with Gasteiger partial charge in [0.2, 0.25) is 0 Å². The van der Waals surface area contributed by atoms with Crippen LogP contribution in [0.4, 0.5) is 8.78 Å². The van der Waals surface area contributed by atoms with Gasteiger partial charge in [-0.2, -0.15) is 5.10 Å². The Morgan fingerprint density at radius 3 is 3.04 bits per heavy atom. The van der Waals surface area contributed by atoms with Crippen LogP contribution in [0.3, 0.4) is 0 Å². The maximum Gasteiger partial charge on any atom is 0.191 e. The summed E-state index contributed by atoms with van der Waals surface area (Å²) in [6.07, 6.45) is 1.90. The van der Waals surface area contributed by atoms with Crippen LogP contribution < -0.4 is 10.6 Å². The summed E-state index contributed by atoms with van der Waals surface area (Å²) >= 11 is 0. The zero-order chi connectivity index (χ0) is 17.1. The fraction of sp³-hybridized carbons (Fsp3) is 0.438. The lowest BCUT2D eigenvalue weighted by Gasteiger charge is -2.25. The second kappa shape index (κ2) is 6.94. The lowest BCUT2D eigenvalue weighted by Crippen LogP contribution is -2.41. The van der Waals surface area contributed by atoms with Crippen molar-refractivity contribution >= 4 is 5.96 Å². The number of nitrogens with one attached hydrogen (secondary N) is 2. The predicted molar refractivity (Wildman–Crippen MR) is 86.4 cm³/mol. The molecule has 0 radical (unpaired) electrons. The smallest absolute Gasteiger partial charge is 0.191 e. The number of hydrogen-bond donors (Lipinski definition) is 2. The molecule has 1 aliphatic rings. The van der Waals surface area contributed by atoms with Crippen molar-refractivity contribution in [1.82, 2.24) is 25.4 Å². The quantitative estimate of drug-likeness (QED) is 0.666. The number of aryl methyl sites for hydroxylation is 2. The van der Waals surface area contributed by atoms with E-state index in [1.807, 2.05) is 11.6 Å². The first-order chi connectivity index (χ1) is 11.6. The van der Waals surface area contributed by atoms with E-state index in [9.17, 15) is 8.78 Å². The van der Waals surface area contributed by atoms with Gasteiger partial charge in [0.1, 0.15) is 23.3 Å².